The summed E-state index contributed by atoms with van der Waals surface area (Å²) in [5.41, 5.74) is 2.99. The van der Waals surface area contributed by atoms with Crippen LogP contribution in [0.5, 0.6) is 0 Å². The first-order valence-corrected chi connectivity index (χ1v) is 8.54. The Kier molecular flexibility index (Phi) is 4.89. The topological polar surface area (TPSA) is 20.3 Å². The van der Waals surface area contributed by atoms with E-state index < -0.39 is 0 Å². The Bertz CT molecular complexity index is 642. The first-order chi connectivity index (χ1) is 9.79. The molecular formula is C17H20BrNOS. The molecular weight excluding hydrogens is 346 g/mol. The first kappa shape index (κ1) is 16.2. The average Bonchev–Trinajstić information content (AvgIpc) is 2.82. The molecule has 1 aromatic carbocycles. The molecule has 0 spiro atoms. The number of rotatable bonds is 3. The zero-order valence-electron chi connectivity index (χ0n) is 12.8. The SMILES string of the molecule is CN(Cc1csc(Br)c1)C(=O)c1ccccc1C(C)(C)C. The zero-order chi connectivity index (χ0) is 15.6. The number of nitrogens with zero attached hydrogens (tertiary/aromatic N) is 1. The molecule has 0 fully saturated rings. The summed E-state index contributed by atoms with van der Waals surface area (Å²) in [6, 6.07) is 9.94. The van der Waals surface area contributed by atoms with Crippen molar-refractivity contribution in [1.82, 2.24) is 4.90 Å². The lowest BCUT2D eigenvalue weighted by Gasteiger charge is -2.25. The van der Waals surface area contributed by atoms with E-state index in [2.05, 4.69) is 48.1 Å². The third kappa shape index (κ3) is 3.95. The fraction of sp³-hybridized carbons (Fsp3) is 0.353. The number of hydrogen-bond acceptors (Lipinski definition) is 2. The van der Waals surface area contributed by atoms with E-state index in [-0.39, 0.29) is 11.3 Å². The third-order valence-corrected chi connectivity index (χ3v) is 4.91. The van der Waals surface area contributed by atoms with Gasteiger partial charge in [-0.25, -0.2) is 0 Å². The molecule has 2 nitrogen and oxygen atoms in total. The van der Waals surface area contributed by atoms with Crippen LogP contribution in [0.15, 0.2) is 39.5 Å². The van der Waals surface area contributed by atoms with Crippen molar-refractivity contribution in [3.05, 3.63) is 56.2 Å². The maximum atomic E-state index is 12.7. The van der Waals surface area contributed by atoms with E-state index in [9.17, 15) is 4.79 Å². The molecule has 0 N–H and O–H groups in total. The van der Waals surface area contributed by atoms with Crippen LogP contribution in [0.4, 0.5) is 0 Å². The second kappa shape index (κ2) is 6.32. The molecule has 1 heterocycles. The van der Waals surface area contributed by atoms with Crippen LogP contribution in [-0.4, -0.2) is 17.9 Å². The highest BCUT2D eigenvalue weighted by Gasteiger charge is 2.23. The maximum absolute atomic E-state index is 12.7. The van der Waals surface area contributed by atoms with Gasteiger partial charge in [-0.1, -0.05) is 39.0 Å². The van der Waals surface area contributed by atoms with Gasteiger partial charge in [0.2, 0.25) is 0 Å². The van der Waals surface area contributed by atoms with E-state index in [4.69, 9.17) is 0 Å². The van der Waals surface area contributed by atoms with Gasteiger partial charge in [-0.05, 0) is 50.0 Å². The Labute approximate surface area is 138 Å². The Morgan fingerprint density at radius 2 is 1.95 bits per heavy atom. The first-order valence-electron chi connectivity index (χ1n) is 6.87. The number of thiophene rings is 1. The molecule has 112 valence electrons. The molecule has 4 heteroatoms. The van der Waals surface area contributed by atoms with Gasteiger partial charge in [-0.3, -0.25) is 4.79 Å². The molecule has 0 radical (unpaired) electrons. The summed E-state index contributed by atoms with van der Waals surface area (Å²) in [7, 11) is 1.85. The number of hydrogen-bond donors (Lipinski definition) is 0. The van der Waals surface area contributed by atoms with Crippen molar-refractivity contribution in [3.8, 4) is 0 Å². The standard InChI is InChI=1S/C17H20BrNOS/c1-17(2,3)14-8-6-5-7-13(14)16(20)19(4)10-12-9-15(18)21-11-12/h5-9,11H,10H2,1-4H3. The molecule has 2 rings (SSSR count). The van der Waals surface area contributed by atoms with Crippen molar-refractivity contribution in [2.45, 2.75) is 32.7 Å². The number of amides is 1. The number of halogens is 1. The van der Waals surface area contributed by atoms with Gasteiger partial charge in [-0.2, -0.15) is 0 Å². The Hall–Kier alpha value is -1.13. The van der Waals surface area contributed by atoms with Crippen molar-refractivity contribution >= 4 is 33.2 Å². The van der Waals surface area contributed by atoms with Gasteiger partial charge in [0, 0.05) is 19.2 Å². The smallest absolute Gasteiger partial charge is 0.254 e. The van der Waals surface area contributed by atoms with E-state index >= 15 is 0 Å². The number of carbonyl (C=O) groups is 1. The van der Waals surface area contributed by atoms with Crippen LogP contribution < -0.4 is 0 Å². The normalized spacial score (nSPS) is 11.5. The average molecular weight is 366 g/mol. The molecule has 0 saturated carbocycles. The summed E-state index contributed by atoms with van der Waals surface area (Å²) in [4.78, 5) is 14.5. The third-order valence-electron chi connectivity index (χ3n) is 3.35. The lowest BCUT2D eigenvalue weighted by Crippen LogP contribution is -2.29. The summed E-state index contributed by atoms with van der Waals surface area (Å²) >= 11 is 5.10. The highest BCUT2D eigenvalue weighted by Crippen LogP contribution is 2.27. The van der Waals surface area contributed by atoms with Gasteiger partial charge in [0.15, 0.2) is 0 Å². The molecule has 0 atom stereocenters. The Morgan fingerprint density at radius 3 is 2.52 bits per heavy atom. The molecule has 0 aliphatic carbocycles. The van der Waals surface area contributed by atoms with E-state index in [0.717, 1.165) is 20.5 Å². The molecule has 0 saturated heterocycles. The van der Waals surface area contributed by atoms with E-state index in [1.807, 2.05) is 31.3 Å². The van der Waals surface area contributed by atoms with Gasteiger partial charge in [0.1, 0.15) is 0 Å². The molecule has 0 aliphatic heterocycles. The minimum absolute atomic E-state index is 0.0432. The summed E-state index contributed by atoms with van der Waals surface area (Å²) in [6.07, 6.45) is 0. The zero-order valence-corrected chi connectivity index (χ0v) is 15.2. The van der Waals surface area contributed by atoms with E-state index in [1.165, 1.54) is 0 Å². The Morgan fingerprint density at radius 1 is 1.29 bits per heavy atom. The summed E-state index contributed by atoms with van der Waals surface area (Å²) in [5.74, 6) is 0.0721. The second-order valence-corrected chi connectivity index (χ2v) is 8.51. The van der Waals surface area contributed by atoms with Crippen LogP contribution in [0, 0.1) is 0 Å². The molecule has 0 aliphatic rings. The maximum Gasteiger partial charge on any atom is 0.254 e. The molecule has 2 aromatic rings. The van der Waals surface area contributed by atoms with Gasteiger partial charge in [0.05, 0.1) is 3.79 Å². The quantitative estimate of drug-likeness (QED) is 0.742. The lowest BCUT2D eigenvalue weighted by molar-refractivity contribution is 0.0782. The lowest BCUT2D eigenvalue weighted by atomic mass is 9.83. The van der Waals surface area contributed by atoms with Crippen LogP contribution in [0.3, 0.4) is 0 Å². The van der Waals surface area contributed by atoms with Gasteiger partial charge >= 0.3 is 0 Å². The highest BCUT2D eigenvalue weighted by molar-refractivity contribution is 9.11. The largest absolute Gasteiger partial charge is 0.337 e. The van der Waals surface area contributed by atoms with Gasteiger partial charge < -0.3 is 4.90 Å². The van der Waals surface area contributed by atoms with Crippen LogP contribution >= 0.6 is 27.3 Å². The molecule has 0 bridgehead atoms. The van der Waals surface area contributed by atoms with Crippen molar-refractivity contribution in [3.63, 3.8) is 0 Å². The summed E-state index contributed by atoms with van der Waals surface area (Å²) < 4.78 is 1.09. The van der Waals surface area contributed by atoms with Crippen LogP contribution in [0.25, 0.3) is 0 Å². The minimum atomic E-state index is -0.0432. The van der Waals surface area contributed by atoms with Crippen LogP contribution in [0.1, 0.15) is 42.3 Å². The predicted molar refractivity (Wildman–Crippen MR) is 93.0 cm³/mol. The second-order valence-electron chi connectivity index (χ2n) is 6.22. The monoisotopic (exact) mass is 365 g/mol. The fourth-order valence-electron chi connectivity index (χ4n) is 2.30. The summed E-state index contributed by atoms with van der Waals surface area (Å²) in [5, 5.41) is 2.07. The van der Waals surface area contributed by atoms with E-state index in [0.29, 0.717) is 6.54 Å². The Balaban J connectivity index is 2.24. The van der Waals surface area contributed by atoms with Crippen molar-refractivity contribution < 1.29 is 4.79 Å². The number of carbonyl (C=O) groups excluding carboxylic acids is 1. The molecule has 1 aromatic heterocycles. The van der Waals surface area contributed by atoms with Crippen molar-refractivity contribution in [2.75, 3.05) is 7.05 Å². The highest BCUT2D eigenvalue weighted by atomic mass is 79.9. The van der Waals surface area contributed by atoms with Crippen LogP contribution in [-0.2, 0) is 12.0 Å². The van der Waals surface area contributed by atoms with Crippen LogP contribution in [0.2, 0.25) is 0 Å². The fourth-order valence-corrected chi connectivity index (χ4v) is 3.50. The van der Waals surface area contributed by atoms with Gasteiger partial charge in [-0.15, -0.1) is 11.3 Å². The predicted octanol–water partition coefficient (Wildman–Crippen LogP) is 5.08. The molecule has 0 unspecified atom stereocenters. The van der Waals surface area contributed by atoms with E-state index in [1.54, 1.807) is 16.2 Å². The summed E-state index contributed by atoms with van der Waals surface area (Å²) in [6.45, 7) is 7.03. The van der Waals surface area contributed by atoms with Crippen molar-refractivity contribution in [2.24, 2.45) is 0 Å². The molecule has 21 heavy (non-hydrogen) atoms. The van der Waals surface area contributed by atoms with Crippen molar-refractivity contribution in [1.29, 1.82) is 0 Å². The molecule has 1 amide bonds. The minimum Gasteiger partial charge on any atom is -0.337 e. The van der Waals surface area contributed by atoms with Gasteiger partial charge in [0.25, 0.3) is 5.91 Å². The number of benzene rings is 1.